The van der Waals surface area contributed by atoms with Gasteiger partial charge < -0.3 is 18.9 Å². The molecule has 4 nitrogen and oxygen atoms in total. The Morgan fingerprint density at radius 2 is 1.44 bits per heavy atom. The molecule has 0 unspecified atom stereocenters. The summed E-state index contributed by atoms with van der Waals surface area (Å²) in [5, 5.41) is 0. The quantitative estimate of drug-likeness (QED) is 0.157. The van der Waals surface area contributed by atoms with E-state index in [1.165, 1.54) is 0 Å². The summed E-state index contributed by atoms with van der Waals surface area (Å²) in [6.45, 7) is 2.33. The second kappa shape index (κ2) is 13.6. The van der Waals surface area contributed by atoms with Gasteiger partial charge >= 0.3 is 6.11 Å². The van der Waals surface area contributed by atoms with Gasteiger partial charge in [-0.3, -0.25) is 4.39 Å². The fourth-order valence-corrected chi connectivity index (χ4v) is 4.46. The van der Waals surface area contributed by atoms with Crippen molar-refractivity contribution >= 4 is 0 Å². The van der Waals surface area contributed by atoms with E-state index in [0.717, 1.165) is 12.8 Å². The SMILES string of the molecule is CCCC1COC(c2ccc(-c3cc(F)c(C(F)(F)Oc4cc(F)c(OCCCCF)c(F)c4)c(F)c3)cc2)OC1. The van der Waals surface area contributed by atoms with Gasteiger partial charge in [-0.25, -0.2) is 17.6 Å². The number of ether oxygens (including phenoxy) is 4. The van der Waals surface area contributed by atoms with Crippen molar-refractivity contribution in [2.24, 2.45) is 5.92 Å². The van der Waals surface area contributed by atoms with Crippen LogP contribution in [0.1, 0.15) is 50.0 Å². The van der Waals surface area contributed by atoms with Crippen molar-refractivity contribution in [1.82, 2.24) is 0 Å². The predicted octanol–water partition coefficient (Wildman–Crippen LogP) is 8.63. The fourth-order valence-electron chi connectivity index (χ4n) is 4.46. The monoisotopic (exact) mass is 586 g/mol. The van der Waals surface area contributed by atoms with Crippen molar-refractivity contribution in [2.75, 3.05) is 26.5 Å². The van der Waals surface area contributed by atoms with E-state index in [-0.39, 0.29) is 25.0 Å². The molecule has 1 aliphatic rings. The van der Waals surface area contributed by atoms with Crippen LogP contribution in [-0.2, 0) is 15.6 Å². The molecule has 222 valence electrons. The summed E-state index contributed by atoms with van der Waals surface area (Å²) < 4.78 is 121. The van der Waals surface area contributed by atoms with E-state index in [1.807, 2.05) is 0 Å². The third-order valence-electron chi connectivity index (χ3n) is 6.51. The van der Waals surface area contributed by atoms with E-state index in [1.54, 1.807) is 24.3 Å². The third kappa shape index (κ3) is 7.51. The molecule has 0 bridgehead atoms. The molecular weight excluding hydrogens is 557 g/mol. The molecule has 0 aromatic heterocycles. The summed E-state index contributed by atoms with van der Waals surface area (Å²) in [5.74, 6) is -7.56. The fraction of sp³-hybridized carbons (Fsp3) is 0.400. The van der Waals surface area contributed by atoms with Crippen LogP contribution in [-0.4, -0.2) is 26.5 Å². The molecule has 0 radical (unpaired) electrons. The van der Waals surface area contributed by atoms with Gasteiger partial charge in [0.15, 0.2) is 23.7 Å². The molecule has 0 spiro atoms. The standard InChI is InChI=1S/C30H29F7O4/c1-2-5-18-16-39-29(40-17-18)20-8-6-19(7-9-20)21-12-23(32)27(24(33)13-21)30(36,37)41-22-14-25(34)28(26(35)15-22)38-11-4-3-10-31/h6-9,12-15,18,29H,2-5,10-11,16-17H2,1H3. The molecule has 3 aromatic rings. The first-order chi connectivity index (χ1) is 19.6. The summed E-state index contributed by atoms with van der Waals surface area (Å²) in [4.78, 5) is 0. The van der Waals surface area contributed by atoms with Gasteiger partial charge in [0.1, 0.15) is 22.9 Å². The van der Waals surface area contributed by atoms with Crippen LogP contribution in [0, 0.1) is 29.2 Å². The van der Waals surface area contributed by atoms with Gasteiger partial charge in [-0.1, -0.05) is 37.6 Å². The average Bonchev–Trinajstić information content (AvgIpc) is 2.92. The van der Waals surface area contributed by atoms with Crippen molar-refractivity contribution in [3.63, 3.8) is 0 Å². The van der Waals surface area contributed by atoms with Crippen molar-refractivity contribution in [1.29, 1.82) is 0 Å². The highest BCUT2D eigenvalue weighted by Crippen LogP contribution is 2.39. The van der Waals surface area contributed by atoms with Gasteiger partial charge in [0.25, 0.3) is 0 Å². The van der Waals surface area contributed by atoms with Crippen molar-refractivity contribution < 1.29 is 49.7 Å². The highest BCUT2D eigenvalue weighted by Gasteiger charge is 2.41. The normalized spacial score (nSPS) is 17.5. The van der Waals surface area contributed by atoms with Crippen LogP contribution in [0.5, 0.6) is 11.5 Å². The van der Waals surface area contributed by atoms with E-state index < -0.39 is 59.4 Å². The lowest BCUT2D eigenvalue weighted by molar-refractivity contribution is -0.206. The molecule has 0 atom stereocenters. The smallest absolute Gasteiger partial charge is 0.432 e. The maximum atomic E-state index is 14.9. The zero-order chi connectivity index (χ0) is 29.6. The van der Waals surface area contributed by atoms with Crippen LogP contribution in [0.4, 0.5) is 30.7 Å². The van der Waals surface area contributed by atoms with Crippen LogP contribution in [0.25, 0.3) is 11.1 Å². The second-order valence-electron chi connectivity index (χ2n) is 9.67. The first-order valence-electron chi connectivity index (χ1n) is 13.2. The Hall–Kier alpha value is -3.31. The Morgan fingerprint density at radius 3 is 2.00 bits per heavy atom. The first-order valence-corrected chi connectivity index (χ1v) is 13.2. The molecule has 0 saturated carbocycles. The summed E-state index contributed by atoms with van der Waals surface area (Å²) in [6.07, 6.45) is -2.91. The van der Waals surface area contributed by atoms with Crippen LogP contribution < -0.4 is 9.47 Å². The van der Waals surface area contributed by atoms with Gasteiger partial charge in [-0.15, -0.1) is 0 Å². The number of alkyl halides is 3. The maximum absolute atomic E-state index is 14.9. The van der Waals surface area contributed by atoms with Crippen LogP contribution >= 0.6 is 0 Å². The van der Waals surface area contributed by atoms with Gasteiger partial charge in [0.05, 0.1) is 26.5 Å². The number of rotatable bonds is 12. The number of hydrogen-bond acceptors (Lipinski definition) is 4. The lowest BCUT2D eigenvalue weighted by Crippen LogP contribution is -2.26. The van der Waals surface area contributed by atoms with Crippen molar-refractivity contribution in [2.45, 2.75) is 45.0 Å². The number of halogens is 7. The topological polar surface area (TPSA) is 36.9 Å². The molecule has 1 aliphatic heterocycles. The Labute approximate surface area is 233 Å². The minimum atomic E-state index is -4.62. The van der Waals surface area contributed by atoms with Gasteiger partial charge in [0.2, 0.25) is 0 Å². The number of hydrogen-bond donors (Lipinski definition) is 0. The lowest BCUT2D eigenvalue weighted by atomic mass is 10.0. The van der Waals surface area contributed by atoms with E-state index in [2.05, 4.69) is 11.7 Å². The molecule has 1 heterocycles. The zero-order valence-electron chi connectivity index (χ0n) is 22.2. The largest absolute Gasteiger partial charge is 0.488 e. The van der Waals surface area contributed by atoms with Gasteiger partial charge in [-0.2, -0.15) is 8.78 Å². The van der Waals surface area contributed by atoms with Gasteiger partial charge in [-0.05, 0) is 42.5 Å². The summed E-state index contributed by atoms with van der Waals surface area (Å²) >= 11 is 0. The van der Waals surface area contributed by atoms with Crippen LogP contribution in [0.15, 0.2) is 48.5 Å². The van der Waals surface area contributed by atoms with Crippen LogP contribution in [0.2, 0.25) is 0 Å². The Balaban J connectivity index is 1.47. The maximum Gasteiger partial charge on any atom is 0.432 e. The Bertz CT molecular complexity index is 1260. The Morgan fingerprint density at radius 1 is 0.829 bits per heavy atom. The van der Waals surface area contributed by atoms with Crippen LogP contribution in [0.3, 0.4) is 0 Å². The molecule has 1 fully saturated rings. The Kier molecular flexibility index (Phi) is 10.1. The summed E-state index contributed by atoms with van der Waals surface area (Å²) in [6, 6.07) is 8.63. The van der Waals surface area contributed by atoms with Gasteiger partial charge in [0, 0.05) is 23.6 Å². The minimum absolute atomic E-state index is 0.0223. The molecule has 1 saturated heterocycles. The average molecular weight is 587 g/mol. The molecule has 41 heavy (non-hydrogen) atoms. The van der Waals surface area contributed by atoms with E-state index in [0.29, 0.717) is 54.5 Å². The zero-order valence-corrected chi connectivity index (χ0v) is 22.2. The third-order valence-corrected chi connectivity index (χ3v) is 6.51. The van der Waals surface area contributed by atoms with E-state index in [9.17, 15) is 30.7 Å². The minimum Gasteiger partial charge on any atom is -0.488 e. The molecule has 0 aliphatic carbocycles. The summed E-state index contributed by atoms with van der Waals surface area (Å²) in [7, 11) is 0. The van der Waals surface area contributed by atoms with E-state index >= 15 is 0 Å². The molecular formula is C30H29F7O4. The molecule has 3 aromatic carbocycles. The lowest BCUT2D eigenvalue weighted by Gasteiger charge is -2.29. The highest BCUT2D eigenvalue weighted by atomic mass is 19.3. The van der Waals surface area contributed by atoms with Crippen molar-refractivity contribution in [3.8, 4) is 22.6 Å². The molecule has 0 amide bonds. The first kappa shape index (κ1) is 30.6. The molecule has 0 N–H and O–H groups in total. The van der Waals surface area contributed by atoms with Crippen molar-refractivity contribution in [3.05, 3.63) is 82.9 Å². The molecule has 11 heteroatoms. The van der Waals surface area contributed by atoms with E-state index in [4.69, 9.17) is 14.2 Å². The highest BCUT2D eigenvalue weighted by molar-refractivity contribution is 5.64. The summed E-state index contributed by atoms with van der Waals surface area (Å²) in [5.41, 5.74) is -0.716. The predicted molar refractivity (Wildman–Crippen MR) is 136 cm³/mol. The number of unbranched alkanes of at least 4 members (excludes halogenated alkanes) is 1. The molecule has 4 rings (SSSR count). The second-order valence-corrected chi connectivity index (χ2v) is 9.67. The number of benzene rings is 3.